The number of benzene rings is 2. The molecule has 0 bridgehead atoms. The highest BCUT2D eigenvalue weighted by Gasteiger charge is 2.22. The summed E-state index contributed by atoms with van der Waals surface area (Å²) in [5.41, 5.74) is 1.37. The van der Waals surface area contributed by atoms with Crippen LogP contribution in [0.5, 0.6) is 5.75 Å². The van der Waals surface area contributed by atoms with E-state index < -0.39 is 55.5 Å². The summed E-state index contributed by atoms with van der Waals surface area (Å²) in [6.45, 7) is -1.55. The number of aliphatic carboxylic acids is 1. The van der Waals surface area contributed by atoms with Gasteiger partial charge in [-0.15, -0.1) is 0 Å². The number of aromatic hydroxyl groups is 1. The van der Waals surface area contributed by atoms with Crippen LogP contribution in [0.15, 0.2) is 54.6 Å². The highest BCUT2D eigenvalue weighted by Crippen LogP contribution is 2.11. The van der Waals surface area contributed by atoms with Crippen LogP contribution in [0.25, 0.3) is 0 Å². The third-order valence-electron chi connectivity index (χ3n) is 4.49. The molecule has 4 amide bonds. The third kappa shape index (κ3) is 10.7. The van der Waals surface area contributed by atoms with Gasteiger partial charge in [-0.2, -0.15) is 0 Å². The highest BCUT2D eigenvalue weighted by molar-refractivity contribution is 5.92. The first-order valence-electron chi connectivity index (χ1n) is 10.5. The fourth-order valence-corrected chi connectivity index (χ4v) is 2.78. The van der Waals surface area contributed by atoms with Gasteiger partial charge in [0.2, 0.25) is 17.7 Å². The fraction of sp³-hybridized carbons (Fsp3) is 0.261. The normalized spacial score (nSPS) is 11.0. The molecule has 186 valence electrons. The third-order valence-corrected chi connectivity index (χ3v) is 4.49. The second-order valence-corrected chi connectivity index (χ2v) is 7.29. The maximum atomic E-state index is 12.6. The molecule has 2 aromatic rings. The van der Waals surface area contributed by atoms with Crippen molar-refractivity contribution in [2.45, 2.75) is 19.1 Å². The average molecular weight is 486 g/mol. The molecule has 2 rings (SSSR count). The van der Waals surface area contributed by atoms with Gasteiger partial charge >= 0.3 is 12.1 Å². The number of carbonyl (C=O) groups excluding carboxylic acids is 4. The van der Waals surface area contributed by atoms with Crippen molar-refractivity contribution in [2.24, 2.45) is 0 Å². The lowest BCUT2D eigenvalue weighted by atomic mass is 10.0. The molecular weight excluding hydrogens is 460 g/mol. The van der Waals surface area contributed by atoms with Crippen molar-refractivity contribution in [3.8, 4) is 5.75 Å². The molecule has 0 aliphatic heterocycles. The van der Waals surface area contributed by atoms with Crippen LogP contribution in [-0.2, 0) is 36.9 Å². The number of rotatable bonds is 12. The summed E-state index contributed by atoms with van der Waals surface area (Å²) in [5.74, 6) is -3.33. The van der Waals surface area contributed by atoms with Gasteiger partial charge in [0.15, 0.2) is 0 Å². The van der Waals surface area contributed by atoms with E-state index in [1.807, 2.05) is 6.07 Å². The lowest BCUT2D eigenvalue weighted by Crippen LogP contribution is -2.52. The number of hydrogen-bond acceptors (Lipinski definition) is 7. The number of carbonyl (C=O) groups is 5. The minimum absolute atomic E-state index is 0.0180. The number of ether oxygens (including phenoxy) is 1. The van der Waals surface area contributed by atoms with Gasteiger partial charge in [0, 0.05) is 6.42 Å². The van der Waals surface area contributed by atoms with Gasteiger partial charge in [-0.1, -0.05) is 42.5 Å². The van der Waals surface area contributed by atoms with Crippen molar-refractivity contribution in [3.05, 3.63) is 65.7 Å². The van der Waals surface area contributed by atoms with Gasteiger partial charge in [0.1, 0.15) is 31.5 Å². The molecule has 0 aliphatic carbocycles. The first-order valence-corrected chi connectivity index (χ1v) is 10.5. The predicted molar refractivity (Wildman–Crippen MR) is 122 cm³/mol. The molecule has 0 saturated heterocycles. The molecule has 0 aromatic heterocycles. The van der Waals surface area contributed by atoms with E-state index in [0.717, 1.165) is 5.56 Å². The summed E-state index contributed by atoms with van der Waals surface area (Å²) in [6, 6.07) is 13.8. The molecule has 0 fully saturated rings. The van der Waals surface area contributed by atoms with Crippen molar-refractivity contribution >= 4 is 29.8 Å². The molecule has 0 saturated carbocycles. The van der Waals surface area contributed by atoms with Gasteiger partial charge in [0.05, 0.1) is 6.54 Å². The first-order chi connectivity index (χ1) is 16.7. The summed E-state index contributed by atoms with van der Waals surface area (Å²) in [4.78, 5) is 59.0. The highest BCUT2D eigenvalue weighted by atomic mass is 16.5. The summed E-state index contributed by atoms with van der Waals surface area (Å²) in [6.07, 6.45) is -0.800. The number of carboxylic acids is 1. The smallest absolute Gasteiger partial charge is 0.407 e. The Morgan fingerprint density at radius 3 is 2.09 bits per heavy atom. The lowest BCUT2D eigenvalue weighted by Gasteiger charge is -2.19. The van der Waals surface area contributed by atoms with E-state index >= 15 is 0 Å². The van der Waals surface area contributed by atoms with E-state index in [-0.39, 0.29) is 18.8 Å². The number of amides is 4. The summed E-state index contributed by atoms with van der Waals surface area (Å²) in [7, 11) is 0. The molecule has 0 unspecified atom stereocenters. The van der Waals surface area contributed by atoms with Gasteiger partial charge in [-0.3, -0.25) is 19.2 Å². The molecule has 12 heteroatoms. The number of phenols is 1. The Hall–Kier alpha value is -4.61. The molecule has 1 atom stereocenters. The summed E-state index contributed by atoms with van der Waals surface area (Å²) < 4.78 is 5.02. The molecule has 2 aromatic carbocycles. The summed E-state index contributed by atoms with van der Waals surface area (Å²) in [5, 5.41) is 27.2. The second-order valence-electron chi connectivity index (χ2n) is 7.29. The number of alkyl carbamates (subject to hydrolysis) is 1. The van der Waals surface area contributed by atoms with Crippen molar-refractivity contribution in [2.75, 3.05) is 19.6 Å². The number of phenolic OH excluding ortho intramolecular Hbond substituents is 1. The van der Waals surface area contributed by atoms with E-state index in [0.29, 0.717) is 5.56 Å². The zero-order valence-corrected chi connectivity index (χ0v) is 18.7. The van der Waals surface area contributed by atoms with Crippen LogP contribution in [-0.4, -0.2) is 65.7 Å². The average Bonchev–Trinajstić information content (AvgIpc) is 2.85. The molecule has 12 nitrogen and oxygen atoms in total. The number of nitrogens with one attached hydrogen (secondary N) is 4. The predicted octanol–water partition coefficient (Wildman–Crippen LogP) is -0.337. The van der Waals surface area contributed by atoms with Gasteiger partial charge in [-0.05, 0) is 23.3 Å². The van der Waals surface area contributed by atoms with E-state index in [1.165, 1.54) is 12.1 Å². The fourth-order valence-electron chi connectivity index (χ4n) is 2.78. The topological polar surface area (TPSA) is 183 Å². The van der Waals surface area contributed by atoms with Crippen LogP contribution < -0.4 is 21.3 Å². The minimum Gasteiger partial charge on any atom is -0.508 e. The maximum Gasteiger partial charge on any atom is 0.407 e. The molecule has 35 heavy (non-hydrogen) atoms. The van der Waals surface area contributed by atoms with Crippen LogP contribution in [0.2, 0.25) is 0 Å². The molecule has 0 spiro atoms. The number of carboxylic acid groups (broad SMARTS) is 1. The second kappa shape index (κ2) is 13.8. The summed E-state index contributed by atoms with van der Waals surface area (Å²) >= 11 is 0. The maximum absolute atomic E-state index is 12.6. The van der Waals surface area contributed by atoms with E-state index in [1.54, 1.807) is 36.4 Å². The van der Waals surface area contributed by atoms with Crippen LogP contribution in [0.4, 0.5) is 4.79 Å². The largest absolute Gasteiger partial charge is 0.508 e. The molecule has 6 N–H and O–H groups in total. The Labute approximate surface area is 200 Å². The monoisotopic (exact) mass is 486 g/mol. The van der Waals surface area contributed by atoms with E-state index in [2.05, 4.69) is 21.3 Å². The Morgan fingerprint density at radius 2 is 1.43 bits per heavy atom. The Kier molecular flexibility index (Phi) is 10.5. The van der Waals surface area contributed by atoms with Gasteiger partial charge in [-0.25, -0.2) is 4.79 Å². The Bertz CT molecular complexity index is 1030. The first kappa shape index (κ1) is 26.6. The van der Waals surface area contributed by atoms with Gasteiger partial charge < -0.3 is 36.2 Å². The quantitative estimate of drug-likeness (QED) is 0.235. The zero-order valence-electron chi connectivity index (χ0n) is 18.7. The molecule has 0 aliphatic rings. The lowest BCUT2D eigenvalue weighted by molar-refractivity contribution is -0.138. The standard InChI is InChI=1S/C23H26N4O8/c28-17-8-6-15(7-9-17)10-18(22(33)25-11-19(29)24-13-21(31)32)27-20(30)12-26-23(34)35-14-16-4-2-1-3-5-16/h1-9,18,28H,10-14H2,(H,24,29)(H,25,33)(H,26,34)(H,27,30)(H,31,32)/t18-/m0/s1. The van der Waals surface area contributed by atoms with Crippen LogP contribution in [0.1, 0.15) is 11.1 Å². The zero-order chi connectivity index (χ0) is 25.6. The van der Waals surface area contributed by atoms with Crippen molar-refractivity contribution in [1.29, 1.82) is 0 Å². The van der Waals surface area contributed by atoms with Crippen LogP contribution in [0, 0.1) is 0 Å². The van der Waals surface area contributed by atoms with Crippen molar-refractivity contribution < 1.29 is 38.9 Å². The van der Waals surface area contributed by atoms with Gasteiger partial charge in [0.25, 0.3) is 0 Å². The Balaban J connectivity index is 1.89. The Morgan fingerprint density at radius 1 is 0.771 bits per heavy atom. The van der Waals surface area contributed by atoms with E-state index in [4.69, 9.17) is 9.84 Å². The minimum atomic E-state index is -1.24. The SMILES string of the molecule is O=C(O)CNC(=O)CNC(=O)[C@H](Cc1ccc(O)cc1)NC(=O)CNC(=O)OCc1ccccc1. The van der Waals surface area contributed by atoms with Crippen LogP contribution >= 0.6 is 0 Å². The van der Waals surface area contributed by atoms with Crippen molar-refractivity contribution in [1.82, 2.24) is 21.3 Å². The molecule has 0 heterocycles. The van der Waals surface area contributed by atoms with Crippen molar-refractivity contribution in [3.63, 3.8) is 0 Å². The number of hydrogen-bond donors (Lipinski definition) is 6. The molecule has 0 radical (unpaired) electrons. The molecular formula is C23H26N4O8. The van der Waals surface area contributed by atoms with E-state index in [9.17, 15) is 29.1 Å². The van der Waals surface area contributed by atoms with Crippen LogP contribution in [0.3, 0.4) is 0 Å².